The van der Waals surface area contributed by atoms with E-state index in [1.54, 1.807) is 11.3 Å². The molecule has 2 heterocycles. The van der Waals surface area contributed by atoms with Crippen molar-refractivity contribution in [2.45, 2.75) is 6.42 Å². The van der Waals surface area contributed by atoms with E-state index in [0.29, 0.717) is 4.80 Å². The number of hydrogen-bond acceptors (Lipinski definition) is 4. The third kappa shape index (κ3) is 3.34. The second-order valence-electron chi connectivity index (χ2n) is 4.49. The third-order valence-corrected chi connectivity index (χ3v) is 4.67. The molecule has 2 aromatic heterocycles. The first kappa shape index (κ1) is 13.9. The maximum atomic E-state index is 12.0. The second kappa shape index (κ2) is 6.15. The number of carbonyl (C=O) groups is 1. The fourth-order valence-electron chi connectivity index (χ4n) is 1.84. The molecule has 0 aliphatic rings. The van der Waals surface area contributed by atoms with Crippen molar-refractivity contribution in [3.63, 3.8) is 0 Å². The van der Waals surface area contributed by atoms with E-state index in [-0.39, 0.29) is 12.3 Å². The fraction of sp³-hybridized carbons (Fsp3) is 0.133. The van der Waals surface area contributed by atoms with Crippen LogP contribution in [0, 0.1) is 0 Å². The van der Waals surface area contributed by atoms with Gasteiger partial charge in [0, 0.05) is 29.6 Å². The van der Waals surface area contributed by atoms with Crippen LogP contribution >= 0.6 is 22.7 Å². The predicted molar refractivity (Wildman–Crippen MR) is 85.1 cm³/mol. The van der Waals surface area contributed by atoms with E-state index < -0.39 is 0 Å². The highest BCUT2D eigenvalue weighted by atomic mass is 32.1. The van der Waals surface area contributed by atoms with Crippen molar-refractivity contribution in [1.29, 1.82) is 0 Å². The Hall–Kier alpha value is -2.05. The van der Waals surface area contributed by atoms with Crippen LogP contribution in [0.2, 0.25) is 0 Å². The van der Waals surface area contributed by atoms with Gasteiger partial charge in [-0.1, -0.05) is 30.3 Å². The van der Waals surface area contributed by atoms with Crippen molar-refractivity contribution >= 4 is 28.6 Å². The number of benzene rings is 1. The van der Waals surface area contributed by atoms with Crippen molar-refractivity contribution in [2.75, 3.05) is 0 Å². The van der Waals surface area contributed by atoms with Gasteiger partial charge >= 0.3 is 0 Å². The molecular weight excluding hydrogens is 302 g/mol. The molecule has 0 fully saturated rings. The van der Waals surface area contributed by atoms with Gasteiger partial charge in [0.25, 0.3) is 5.91 Å². The van der Waals surface area contributed by atoms with Crippen molar-refractivity contribution in [3.05, 3.63) is 57.8 Å². The van der Waals surface area contributed by atoms with Crippen LogP contribution in [0.5, 0.6) is 0 Å². The van der Waals surface area contributed by atoms with Gasteiger partial charge in [0.05, 0.1) is 12.1 Å². The van der Waals surface area contributed by atoms with Crippen LogP contribution in [0.25, 0.3) is 10.6 Å². The third-order valence-electron chi connectivity index (χ3n) is 2.88. The predicted octanol–water partition coefficient (Wildman–Crippen LogP) is 2.88. The van der Waals surface area contributed by atoms with Crippen molar-refractivity contribution in [2.24, 2.45) is 12.0 Å². The zero-order valence-corrected chi connectivity index (χ0v) is 13.0. The standard InChI is InChI=1S/C15H13N3OS2/c1-18-7-8-20-15(18)17-13(19)9-12-10-21-14(16-12)11-5-3-2-4-6-11/h2-8,10H,9H2,1H3. The minimum atomic E-state index is -0.169. The first-order valence-electron chi connectivity index (χ1n) is 6.40. The SMILES string of the molecule is Cn1ccsc1=NC(=O)Cc1csc(-c2ccccc2)n1. The van der Waals surface area contributed by atoms with Crippen molar-refractivity contribution < 1.29 is 4.79 Å². The van der Waals surface area contributed by atoms with E-state index >= 15 is 0 Å². The highest BCUT2D eigenvalue weighted by Gasteiger charge is 2.08. The van der Waals surface area contributed by atoms with Crippen LogP contribution in [-0.4, -0.2) is 15.5 Å². The van der Waals surface area contributed by atoms with E-state index in [2.05, 4.69) is 9.98 Å². The van der Waals surface area contributed by atoms with E-state index in [1.807, 2.05) is 58.9 Å². The molecule has 3 aromatic rings. The summed E-state index contributed by atoms with van der Waals surface area (Å²) < 4.78 is 1.83. The number of carbonyl (C=O) groups excluding carboxylic acids is 1. The Morgan fingerprint density at radius 3 is 2.81 bits per heavy atom. The number of amides is 1. The molecule has 0 saturated heterocycles. The van der Waals surface area contributed by atoms with Gasteiger partial charge in [-0.25, -0.2) is 4.98 Å². The van der Waals surface area contributed by atoms with Crippen LogP contribution in [0.1, 0.15) is 5.69 Å². The summed E-state index contributed by atoms with van der Waals surface area (Å²) in [6.45, 7) is 0. The Bertz CT molecular complexity index is 815. The first-order chi connectivity index (χ1) is 10.2. The molecule has 6 heteroatoms. The molecule has 21 heavy (non-hydrogen) atoms. The molecule has 0 saturated carbocycles. The van der Waals surface area contributed by atoms with Crippen LogP contribution < -0.4 is 4.80 Å². The van der Waals surface area contributed by atoms with Crippen molar-refractivity contribution in [1.82, 2.24) is 9.55 Å². The quantitative estimate of drug-likeness (QED) is 0.746. The molecule has 0 atom stereocenters. The Morgan fingerprint density at radius 1 is 1.29 bits per heavy atom. The second-order valence-corrected chi connectivity index (χ2v) is 6.22. The molecule has 1 amide bonds. The summed E-state index contributed by atoms with van der Waals surface area (Å²) in [5, 5.41) is 4.76. The maximum absolute atomic E-state index is 12.0. The molecular formula is C15H13N3OS2. The summed E-state index contributed by atoms with van der Waals surface area (Å²) in [5.41, 5.74) is 1.84. The van der Waals surface area contributed by atoms with Crippen LogP contribution in [-0.2, 0) is 18.3 Å². The minimum absolute atomic E-state index is 0.169. The van der Waals surface area contributed by atoms with Crippen LogP contribution in [0.4, 0.5) is 0 Å². The van der Waals surface area contributed by atoms with Gasteiger partial charge in [-0.15, -0.1) is 22.7 Å². The first-order valence-corrected chi connectivity index (χ1v) is 8.16. The molecule has 106 valence electrons. The molecule has 0 bridgehead atoms. The molecule has 0 aliphatic carbocycles. The normalized spacial score (nSPS) is 11.8. The summed E-state index contributed by atoms with van der Waals surface area (Å²) in [5.74, 6) is -0.169. The monoisotopic (exact) mass is 315 g/mol. The number of rotatable bonds is 3. The lowest BCUT2D eigenvalue weighted by atomic mass is 10.2. The smallest absolute Gasteiger partial charge is 0.254 e. The lowest BCUT2D eigenvalue weighted by Gasteiger charge is -1.94. The van der Waals surface area contributed by atoms with Gasteiger partial charge in [0.2, 0.25) is 0 Å². The molecule has 4 nitrogen and oxygen atoms in total. The van der Waals surface area contributed by atoms with Gasteiger partial charge in [-0.3, -0.25) is 4.79 Å². The summed E-state index contributed by atoms with van der Waals surface area (Å²) in [6, 6.07) is 9.96. The number of aryl methyl sites for hydroxylation is 1. The van der Waals surface area contributed by atoms with Crippen LogP contribution in [0.3, 0.4) is 0 Å². The Balaban J connectivity index is 1.76. The highest BCUT2D eigenvalue weighted by Crippen LogP contribution is 2.23. The Morgan fingerprint density at radius 2 is 2.10 bits per heavy atom. The summed E-state index contributed by atoms with van der Waals surface area (Å²) in [6.07, 6.45) is 2.12. The average molecular weight is 315 g/mol. The van der Waals surface area contributed by atoms with Gasteiger partial charge in [0.15, 0.2) is 4.80 Å². The van der Waals surface area contributed by atoms with E-state index in [0.717, 1.165) is 16.3 Å². The van der Waals surface area contributed by atoms with Gasteiger partial charge in [-0.2, -0.15) is 4.99 Å². The molecule has 1 aromatic carbocycles. The molecule has 0 unspecified atom stereocenters. The topological polar surface area (TPSA) is 47.2 Å². The van der Waals surface area contributed by atoms with E-state index in [4.69, 9.17) is 0 Å². The van der Waals surface area contributed by atoms with E-state index in [1.165, 1.54) is 11.3 Å². The summed E-state index contributed by atoms with van der Waals surface area (Å²) >= 11 is 3.00. The zero-order valence-electron chi connectivity index (χ0n) is 11.4. The number of hydrogen-bond donors (Lipinski definition) is 0. The highest BCUT2D eigenvalue weighted by molar-refractivity contribution is 7.13. The Kier molecular flexibility index (Phi) is 4.08. The zero-order chi connectivity index (χ0) is 14.7. The molecule has 0 N–H and O–H groups in total. The van der Waals surface area contributed by atoms with Gasteiger partial charge in [0.1, 0.15) is 5.01 Å². The fourth-order valence-corrected chi connectivity index (χ4v) is 3.41. The average Bonchev–Trinajstić information content (AvgIpc) is 3.10. The number of nitrogens with zero attached hydrogens (tertiary/aromatic N) is 3. The Labute approximate surface area is 130 Å². The molecule has 0 spiro atoms. The molecule has 0 aliphatic heterocycles. The summed E-state index contributed by atoms with van der Waals surface area (Å²) in [7, 11) is 1.87. The van der Waals surface area contributed by atoms with Crippen molar-refractivity contribution in [3.8, 4) is 10.6 Å². The van der Waals surface area contributed by atoms with Crippen LogP contribution in [0.15, 0.2) is 52.3 Å². The van der Waals surface area contributed by atoms with E-state index in [9.17, 15) is 4.79 Å². The van der Waals surface area contributed by atoms with Gasteiger partial charge < -0.3 is 4.57 Å². The summed E-state index contributed by atoms with van der Waals surface area (Å²) in [4.78, 5) is 21.3. The largest absolute Gasteiger partial charge is 0.327 e. The number of aromatic nitrogens is 2. The molecule has 0 radical (unpaired) electrons. The maximum Gasteiger partial charge on any atom is 0.254 e. The number of thiazole rings is 2. The van der Waals surface area contributed by atoms with Gasteiger partial charge in [-0.05, 0) is 0 Å². The lowest BCUT2D eigenvalue weighted by molar-refractivity contribution is -0.117. The lowest BCUT2D eigenvalue weighted by Crippen LogP contribution is -2.13. The minimum Gasteiger partial charge on any atom is -0.327 e. The molecule has 3 rings (SSSR count).